The molecule has 2 aromatic rings. The zero-order valence-electron chi connectivity index (χ0n) is 9.41. The highest BCUT2D eigenvalue weighted by molar-refractivity contribution is 8.01. The second-order valence-electron chi connectivity index (χ2n) is 3.37. The lowest BCUT2D eigenvalue weighted by atomic mass is 10.5. The van der Waals surface area contributed by atoms with E-state index in [9.17, 15) is 0 Å². The van der Waals surface area contributed by atoms with Crippen LogP contribution < -0.4 is 16.2 Å². The van der Waals surface area contributed by atoms with Crippen molar-refractivity contribution < 1.29 is 0 Å². The molecule has 2 heterocycles. The Hall–Kier alpha value is -1.38. The van der Waals surface area contributed by atoms with Gasteiger partial charge in [-0.1, -0.05) is 23.1 Å². The minimum atomic E-state index is 0.632. The Balaban J connectivity index is 2.13. The Morgan fingerprint density at radius 3 is 2.88 bits per heavy atom. The average Bonchev–Trinajstić information content (AvgIpc) is 2.78. The predicted octanol–water partition coefficient (Wildman–Crippen LogP) is 1.44. The van der Waals surface area contributed by atoms with Crippen molar-refractivity contribution in [2.75, 3.05) is 24.4 Å². The van der Waals surface area contributed by atoms with E-state index in [-0.39, 0.29) is 0 Å². The Bertz CT molecular complexity index is 498. The molecule has 0 aliphatic rings. The fraction of sp³-hybridized carbons (Fsp3) is 0.222. The number of nitrogens with zero attached hydrogens (tertiary/aromatic N) is 4. The van der Waals surface area contributed by atoms with Gasteiger partial charge in [-0.15, -0.1) is 10.2 Å². The van der Waals surface area contributed by atoms with Crippen molar-refractivity contribution in [3.63, 3.8) is 0 Å². The molecule has 90 valence electrons. The highest BCUT2D eigenvalue weighted by atomic mass is 32.2. The lowest BCUT2D eigenvalue weighted by Gasteiger charge is -2.03. The summed E-state index contributed by atoms with van der Waals surface area (Å²) in [4.78, 5) is 7.00. The summed E-state index contributed by atoms with van der Waals surface area (Å²) in [5.41, 5.74) is 2.51. The van der Waals surface area contributed by atoms with Crippen molar-refractivity contribution >= 4 is 34.0 Å². The lowest BCUT2D eigenvalue weighted by molar-refractivity contribution is 0.972. The van der Waals surface area contributed by atoms with Gasteiger partial charge in [0.1, 0.15) is 5.82 Å². The Morgan fingerprint density at radius 1 is 1.41 bits per heavy atom. The summed E-state index contributed by atoms with van der Waals surface area (Å²) in [5, 5.41) is 9.07. The van der Waals surface area contributed by atoms with Gasteiger partial charge in [-0.25, -0.2) is 10.8 Å². The molecule has 0 atom stereocenters. The van der Waals surface area contributed by atoms with Crippen molar-refractivity contribution in [3.05, 3.63) is 18.3 Å². The third-order valence-corrected chi connectivity index (χ3v) is 3.99. The van der Waals surface area contributed by atoms with E-state index in [2.05, 4.69) is 20.6 Å². The van der Waals surface area contributed by atoms with Gasteiger partial charge < -0.3 is 10.3 Å². The summed E-state index contributed by atoms with van der Waals surface area (Å²) in [7, 11) is 3.88. The first-order valence-corrected chi connectivity index (χ1v) is 6.43. The monoisotopic (exact) mass is 268 g/mol. The number of hydrazine groups is 1. The number of rotatable bonds is 4. The number of hydrogen-bond donors (Lipinski definition) is 2. The maximum Gasteiger partial charge on any atom is 0.208 e. The minimum absolute atomic E-state index is 0.632. The van der Waals surface area contributed by atoms with E-state index in [1.165, 1.54) is 11.8 Å². The predicted molar refractivity (Wildman–Crippen MR) is 70.4 cm³/mol. The van der Waals surface area contributed by atoms with Crippen LogP contribution in [0.5, 0.6) is 0 Å². The van der Waals surface area contributed by atoms with Gasteiger partial charge in [-0.05, 0) is 12.1 Å². The van der Waals surface area contributed by atoms with Gasteiger partial charge in [0.15, 0.2) is 4.34 Å². The number of hydrogen-bond acceptors (Lipinski definition) is 8. The van der Waals surface area contributed by atoms with Gasteiger partial charge in [-0.2, -0.15) is 0 Å². The van der Waals surface area contributed by atoms with E-state index in [1.807, 2.05) is 31.1 Å². The van der Waals surface area contributed by atoms with E-state index in [1.54, 1.807) is 17.5 Å². The molecule has 0 aliphatic heterocycles. The van der Waals surface area contributed by atoms with Crippen molar-refractivity contribution in [2.45, 2.75) is 9.24 Å². The molecule has 3 N–H and O–H groups in total. The van der Waals surface area contributed by atoms with Crippen molar-refractivity contribution in [1.29, 1.82) is 0 Å². The van der Waals surface area contributed by atoms with Crippen LogP contribution in [-0.2, 0) is 0 Å². The second-order valence-corrected chi connectivity index (χ2v) is 5.64. The van der Waals surface area contributed by atoms with Crippen LogP contribution in [-0.4, -0.2) is 29.3 Å². The number of anilines is 2. The normalized spacial score (nSPS) is 10.3. The zero-order valence-corrected chi connectivity index (χ0v) is 11.0. The first-order chi connectivity index (χ1) is 8.19. The first kappa shape index (κ1) is 12.1. The van der Waals surface area contributed by atoms with Gasteiger partial charge in [0.2, 0.25) is 5.13 Å². The van der Waals surface area contributed by atoms with Crippen molar-refractivity contribution in [2.24, 2.45) is 5.84 Å². The quantitative estimate of drug-likeness (QED) is 0.641. The summed E-state index contributed by atoms with van der Waals surface area (Å²) in [6.07, 6.45) is 1.70. The molecule has 0 unspecified atom stereocenters. The smallest absolute Gasteiger partial charge is 0.208 e. The number of nitrogens with one attached hydrogen (secondary N) is 1. The van der Waals surface area contributed by atoms with Crippen LogP contribution in [0.25, 0.3) is 0 Å². The molecular formula is C9H12N6S2. The first-order valence-electron chi connectivity index (χ1n) is 4.80. The van der Waals surface area contributed by atoms with Gasteiger partial charge in [0, 0.05) is 25.2 Å². The standard InChI is InChI=1S/C9H12N6S2/c1-15(2)8-13-14-9(17-8)16-6-3-4-11-7(5-6)12-10/h3-5H,10H2,1-2H3,(H,11,12). The molecule has 2 aromatic heterocycles. The van der Waals surface area contributed by atoms with Crippen LogP contribution in [0, 0.1) is 0 Å². The van der Waals surface area contributed by atoms with E-state index >= 15 is 0 Å². The second kappa shape index (κ2) is 5.30. The minimum Gasteiger partial charge on any atom is -0.353 e. The number of nitrogens with two attached hydrogens (primary N) is 1. The number of nitrogen functional groups attached to an aromatic ring is 1. The van der Waals surface area contributed by atoms with Gasteiger partial charge in [0.05, 0.1) is 0 Å². The summed E-state index contributed by atoms with van der Waals surface area (Å²) >= 11 is 3.08. The maximum atomic E-state index is 5.30. The zero-order chi connectivity index (χ0) is 12.3. The molecule has 0 radical (unpaired) electrons. The van der Waals surface area contributed by atoms with Gasteiger partial charge in [-0.3, -0.25) is 0 Å². The van der Waals surface area contributed by atoms with Crippen LogP contribution in [0.15, 0.2) is 27.6 Å². The fourth-order valence-electron chi connectivity index (χ4n) is 1.08. The molecule has 0 aliphatic carbocycles. The van der Waals surface area contributed by atoms with Crippen LogP contribution >= 0.6 is 23.1 Å². The van der Waals surface area contributed by atoms with Crippen LogP contribution in [0.1, 0.15) is 0 Å². The van der Waals surface area contributed by atoms with Gasteiger partial charge >= 0.3 is 0 Å². The topological polar surface area (TPSA) is 80.0 Å². The molecule has 2 rings (SSSR count). The largest absolute Gasteiger partial charge is 0.353 e. The van der Waals surface area contributed by atoms with Crippen molar-refractivity contribution in [1.82, 2.24) is 15.2 Å². The van der Waals surface area contributed by atoms with Gasteiger partial charge in [0.25, 0.3) is 0 Å². The Morgan fingerprint density at radius 2 is 2.24 bits per heavy atom. The van der Waals surface area contributed by atoms with Crippen LogP contribution in [0.3, 0.4) is 0 Å². The Labute approximate surface area is 107 Å². The molecule has 0 saturated heterocycles. The third-order valence-electron chi connectivity index (χ3n) is 1.86. The summed E-state index contributed by atoms with van der Waals surface area (Å²) in [6.45, 7) is 0. The maximum absolute atomic E-state index is 5.30. The van der Waals surface area contributed by atoms with Crippen LogP contribution in [0.4, 0.5) is 10.9 Å². The van der Waals surface area contributed by atoms with Crippen molar-refractivity contribution in [3.8, 4) is 0 Å². The molecular weight excluding hydrogens is 256 g/mol. The van der Waals surface area contributed by atoms with E-state index in [0.29, 0.717) is 5.82 Å². The molecule has 8 heteroatoms. The highest BCUT2D eigenvalue weighted by Gasteiger charge is 2.07. The summed E-state index contributed by atoms with van der Waals surface area (Å²) in [5.74, 6) is 5.93. The summed E-state index contributed by atoms with van der Waals surface area (Å²) < 4.78 is 0.892. The number of pyridine rings is 1. The molecule has 17 heavy (non-hydrogen) atoms. The molecule has 6 nitrogen and oxygen atoms in total. The lowest BCUT2D eigenvalue weighted by Crippen LogP contribution is -2.07. The van der Waals surface area contributed by atoms with Crippen LogP contribution in [0.2, 0.25) is 0 Å². The van der Waals surface area contributed by atoms with E-state index in [0.717, 1.165) is 14.4 Å². The molecule has 0 spiro atoms. The molecule has 0 amide bonds. The molecule has 0 saturated carbocycles. The number of aromatic nitrogens is 3. The highest BCUT2D eigenvalue weighted by Crippen LogP contribution is 2.32. The molecule has 0 aromatic carbocycles. The third kappa shape index (κ3) is 3.05. The molecule has 0 bridgehead atoms. The Kier molecular flexibility index (Phi) is 3.77. The summed E-state index contributed by atoms with van der Waals surface area (Å²) in [6, 6.07) is 3.77. The van der Waals surface area contributed by atoms with E-state index < -0.39 is 0 Å². The molecule has 0 fully saturated rings. The van der Waals surface area contributed by atoms with E-state index in [4.69, 9.17) is 5.84 Å². The SMILES string of the molecule is CN(C)c1nnc(Sc2ccnc(NN)c2)s1. The fourth-order valence-corrected chi connectivity index (χ4v) is 2.84. The average molecular weight is 268 g/mol.